The summed E-state index contributed by atoms with van der Waals surface area (Å²) in [4.78, 5) is 27.2. The number of aliphatic hydroxyl groups excluding tert-OH is 1. The number of benzene rings is 1. The zero-order chi connectivity index (χ0) is 18.8. The molecule has 3 rings (SSSR count). The highest BCUT2D eigenvalue weighted by Gasteiger charge is 2.44. The molecule has 5 heteroatoms. The largest absolute Gasteiger partial charge is 0.503 e. The van der Waals surface area contributed by atoms with Crippen LogP contribution in [0.4, 0.5) is 0 Å². The molecule has 1 amide bonds. The number of aliphatic hydroxyl groups is 1. The number of rotatable bonds is 6. The normalized spacial score (nSPS) is 23.4. The van der Waals surface area contributed by atoms with Crippen molar-refractivity contribution in [2.24, 2.45) is 5.92 Å². The number of nitrogens with zero attached hydrogens (tertiary/aromatic N) is 1. The molecule has 1 saturated heterocycles. The predicted molar refractivity (Wildman–Crippen MR) is 98.7 cm³/mol. The molecular weight excluding hydrogens is 330 g/mol. The van der Waals surface area contributed by atoms with Crippen LogP contribution in [-0.2, 0) is 14.3 Å². The fourth-order valence-electron chi connectivity index (χ4n) is 3.80. The molecule has 2 aliphatic rings. The van der Waals surface area contributed by atoms with Gasteiger partial charge >= 0.3 is 0 Å². The second-order valence-electron chi connectivity index (χ2n) is 7.69. The summed E-state index contributed by atoms with van der Waals surface area (Å²) in [5, 5.41) is 10.5. The first kappa shape index (κ1) is 18.6. The van der Waals surface area contributed by atoms with Gasteiger partial charge in [0.25, 0.3) is 5.91 Å². The Morgan fingerprint density at radius 2 is 2.15 bits per heavy atom. The lowest BCUT2D eigenvalue weighted by Crippen LogP contribution is -2.37. The van der Waals surface area contributed by atoms with E-state index in [-0.39, 0.29) is 23.4 Å². The fourth-order valence-corrected chi connectivity index (χ4v) is 3.80. The van der Waals surface area contributed by atoms with E-state index in [2.05, 4.69) is 0 Å². The molecule has 0 aliphatic carbocycles. The van der Waals surface area contributed by atoms with Gasteiger partial charge in [-0.1, -0.05) is 43.7 Å². The van der Waals surface area contributed by atoms with Crippen molar-refractivity contribution in [3.05, 3.63) is 46.7 Å². The summed E-state index contributed by atoms with van der Waals surface area (Å²) in [5.74, 6) is -0.880. The first-order chi connectivity index (χ1) is 12.4. The van der Waals surface area contributed by atoms with Crippen molar-refractivity contribution in [3.8, 4) is 0 Å². The van der Waals surface area contributed by atoms with Crippen LogP contribution in [0.15, 0.2) is 35.6 Å². The molecule has 1 aromatic rings. The Hall–Kier alpha value is -2.14. The average molecular weight is 357 g/mol. The first-order valence-electron chi connectivity index (χ1n) is 9.34. The summed E-state index contributed by atoms with van der Waals surface area (Å²) in [6.07, 6.45) is 2.13. The molecule has 2 unspecified atom stereocenters. The van der Waals surface area contributed by atoms with Crippen LogP contribution < -0.4 is 0 Å². The van der Waals surface area contributed by atoms with Crippen molar-refractivity contribution >= 4 is 11.7 Å². The lowest BCUT2D eigenvalue weighted by atomic mass is 9.91. The molecular formula is C21H27NO4. The minimum atomic E-state index is -0.544. The van der Waals surface area contributed by atoms with Crippen LogP contribution in [0.2, 0.25) is 0 Å². The highest BCUT2D eigenvalue weighted by Crippen LogP contribution is 2.39. The van der Waals surface area contributed by atoms with Gasteiger partial charge in [0, 0.05) is 19.6 Å². The molecule has 1 fully saturated rings. The van der Waals surface area contributed by atoms with E-state index < -0.39 is 17.7 Å². The highest BCUT2D eigenvalue weighted by molar-refractivity contribution is 6.09. The molecule has 2 atom stereocenters. The van der Waals surface area contributed by atoms with Crippen molar-refractivity contribution in [3.63, 3.8) is 0 Å². The Labute approximate surface area is 154 Å². The number of ether oxygens (including phenoxy) is 1. The number of ketones is 1. The third kappa shape index (κ3) is 3.68. The second-order valence-corrected chi connectivity index (χ2v) is 7.69. The van der Waals surface area contributed by atoms with Crippen molar-refractivity contribution in [1.82, 2.24) is 4.90 Å². The molecule has 0 aromatic heterocycles. The Morgan fingerprint density at radius 3 is 2.77 bits per heavy atom. The van der Waals surface area contributed by atoms with Gasteiger partial charge in [-0.15, -0.1) is 0 Å². The van der Waals surface area contributed by atoms with Gasteiger partial charge in [0.15, 0.2) is 11.5 Å². The maximum absolute atomic E-state index is 12.8. The van der Waals surface area contributed by atoms with Crippen molar-refractivity contribution in [2.75, 3.05) is 13.2 Å². The number of carbonyl (C=O) groups is 2. The summed E-state index contributed by atoms with van der Waals surface area (Å²) < 4.78 is 5.69. The fraction of sp³-hybridized carbons (Fsp3) is 0.524. The topological polar surface area (TPSA) is 66.8 Å². The molecule has 26 heavy (non-hydrogen) atoms. The smallest absolute Gasteiger partial charge is 0.290 e. The standard InChI is InChI=1S/C21H27NO4/c1-13(2)10-17(23)18-19(15-7-4-6-14(3)11-15)22(21(25)20(18)24)12-16-8-5-9-26-16/h4,6-7,11,13,16,19,24H,5,8-10,12H2,1-3H3. The average Bonchev–Trinajstić information content (AvgIpc) is 3.16. The highest BCUT2D eigenvalue weighted by atomic mass is 16.5. The van der Waals surface area contributed by atoms with Crippen molar-refractivity contribution in [2.45, 2.75) is 52.2 Å². The number of hydrogen-bond acceptors (Lipinski definition) is 4. The Morgan fingerprint density at radius 1 is 1.38 bits per heavy atom. The molecule has 2 heterocycles. The number of hydrogen-bond donors (Lipinski definition) is 1. The van der Waals surface area contributed by atoms with Crippen LogP contribution in [0.25, 0.3) is 0 Å². The Balaban J connectivity index is 1.99. The number of Topliss-reactive ketones (excluding diaryl/α,β-unsaturated/α-hetero) is 1. The van der Waals surface area contributed by atoms with Gasteiger partial charge in [0.1, 0.15) is 0 Å². The van der Waals surface area contributed by atoms with Gasteiger partial charge in [0.05, 0.1) is 17.7 Å². The lowest BCUT2D eigenvalue weighted by Gasteiger charge is -2.29. The lowest BCUT2D eigenvalue weighted by molar-refractivity contribution is -0.131. The van der Waals surface area contributed by atoms with E-state index in [1.54, 1.807) is 4.90 Å². The minimum Gasteiger partial charge on any atom is -0.503 e. The van der Waals surface area contributed by atoms with Crippen molar-refractivity contribution in [1.29, 1.82) is 0 Å². The van der Waals surface area contributed by atoms with Gasteiger partial charge in [-0.2, -0.15) is 0 Å². The van der Waals surface area contributed by atoms with Crippen molar-refractivity contribution < 1.29 is 19.4 Å². The molecule has 0 saturated carbocycles. The molecule has 140 valence electrons. The van der Waals surface area contributed by atoms with Crippen LogP contribution in [0.3, 0.4) is 0 Å². The molecule has 0 radical (unpaired) electrons. The molecule has 1 N–H and O–H groups in total. The predicted octanol–water partition coefficient (Wildman–Crippen LogP) is 3.48. The number of carbonyl (C=O) groups excluding carboxylic acids is 2. The van der Waals surface area contributed by atoms with E-state index in [4.69, 9.17) is 4.74 Å². The van der Waals surface area contributed by atoms with Crippen LogP contribution >= 0.6 is 0 Å². The third-order valence-corrected chi connectivity index (χ3v) is 4.98. The van der Waals surface area contributed by atoms with Crippen LogP contribution in [0.1, 0.15) is 50.3 Å². The maximum atomic E-state index is 12.8. The molecule has 1 aromatic carbocycles. The van der Waals surface area contributed by atoms with E-state index in [0.29, 0.717) is 19.6 Å². The van der Waals surface area contributed by atoms with Crippen LogP contribution in [-0.4, -0.2) is 41.0 Å². The zero-order valence-electron chi connectivity index (χ0n) is 15.7. The van der Waals surface area contributed by atoms with Gasteiger partial charge in [0.2, 0.25) is 0 Å². The quantitative estimate of drug-likeness (QED) is 0.846. The molecule has 5 nitrogen and oxygen atoms in total. The van der Waals surface area contributed by atoms with Crippen LogP contribution in [0.5, 0.6) is 0 Å². The second kappa shape index (κ2) is 7.62. The first-order valence-corrected chi connectivity index (χ1v) is 9.34. The molecule has 2 aliphatic heterocycles. The van der Waals surface area contributed by atoms with E-state index in [9.17, 15) is 14.7 Å². The van der Waals surface area contributed by atoms with Gasteiger partial charge < -0.3 is 14.7 Å². The maximum Gasteiger partial charge on any atom is 0.290 e. The van der Waals surface area contributed by atoms with Gasteiger partial charge in [-0.3, -0.25) is 9.59 Å². The summed E-state index contributed by atoms with van der Waals surface area (Å²) in [5.41, 5.74) is 2.13. The van der Waals surface area contributed by atoms with E-state index in [1.807, 2.05) is 45.0 Å². The monoisotopic (exact) mass is 357 g/mol. The third-order valence-electron chi connectivity index (χ3n) is 4.98. The summed E-state index contributed by atoms with van der Waals surface area (Å²) in [7, 11) is 0. The molecule has 0 spiro atoms. The SMILES string of the molecule is Cc1cccc(C2C(C(=O)CC(C)C)=C(O)C(=O)N2CC2CCCO2)c1. The summed E-state index contributed by atoms with van der Waals surface area (Å²) in [6, 6.07) is 7.23. The Bertz CT molecular complexity index is 731. The van der Waals surface area contributed by atoms with E-state index in [0.717, 1.165) is 24.0 Å². The Kier molecular flexibility index (Phi) is 5.47. The van der Waals surface area contributed by atoms with Gasteiger partial charge in [-0.05, 0) is 31.2 Å². The number of amides is 1. The molecule has 0 bridgehead atoms. The summed E-state index contributed by atoms with van der Waals surface area (Å²) in [6.45, 7) is 6.97. The zero-order valence-corrected chi connectivity index (χ0v) is 15.7. The van der Waals surface area contributed by atoms with E-state index >= 15 is 0 Å². The number of aryl methyl sites for hydroxylation is 1. The van der Waals surface area contributed by atoms with E-state index in [1.165, 1.54) is 0 Å². The minimum absolute atomic E-state index is 0.0430. The van der Waals surface area contributed by atoms with Gasteiger partial charge in [-0.25, -0.2) is 0 Å². The summed E-state index contributed by atoms with van der Waals surface area (Å²) >= 11 is 0. The van der Waals surface area contributed by atoms with Crippen LogP contribution in [0, 0.1) is 12.8 Å².